The quantitative estimate of drug-likeness (QED) is 0.597. The monoisotopic (exact) mass is 327 g/mol. The molecule has 0 spiro atoms. The van der Waals surface area contributed by atoms with Gasteiger partial charge in [-0.05, 0) is 77.2 Å². The maximum Gasteiger partial charge on any atom is 0.316 e. The van der Waals surface area contributed by atoms with E-state index in [-0.39, 0.29) is 5.97 Å². The fourth-order valence-electron chi connectivity index (χ4n) is 3.36. The predicted molar refractivity (Wildman–Crippen MR) is 98.0 cm³/mol. The van der Waals surface area contributed by atoms with E-state index in [1.54, 1.807) is 5.57 Å². The van der Waals surface area contributed by atoms with Crippen molar-refractivity contribution in [1.29, 1.82) is 0 Å². The molecule has 0 amide bonds. The van der Waals surface area contributed by atoms with E-state index < -0.39 is 5.41 Å². The Balaban J connectivity index is 1.69. The largest absolute Gasteiger partial charge is 0.426 e. The molecular formula is C21H29NO2. The number of carbonyl (C=O) groups excluding carboxylic acids is 1. The summed E-state index contributed by atoms with van der Waals surface area (Å²) in [7, 11) is 0. The summed E-state index contributed by atoms with van der Waals surface area (Å²) in [6.45, 7) is 8.11. The molecule has 3 rings (SSSR count). The Kier molecular flexibility index (Phi) is 5.09. The first-order valence-electron chi connectivity index (χ1n) is 9.20. The molecule has 0 aromatic heterocycles. The van der Waals surface area contributed by atoms with E-state index in [1.165, 1.54) is 50.8 Å². The summed E-state index contributed by atoms with van der Waals surface area (Å²) in [6, 6.07) is 8.56. The average molecular weight is 327 g/mol. The molecule has 1 unspecified atom stereocenters. The van der Waals surface area contributed by atoms with Gasteiger partial charge >= 0.3 is 5.97 Å². The molecule has 1 aliphatic heterocycles. The van der Waals surface area contributed by atoms with Crippen LogP contribution in [0.15, 0.2) is 29.8 Å². The highest BCUT2D eigenvalue weighted by molar-refractivity contribution is 5.77. The van der Waals surface area contributed by atoms with Crippen molar-refractivity contribution in [2.24, 2.45) is 5.41 Å². The predicted octanol–water partition coefficient (Wildman–Crippen LogP) is 4.67. The van der Waals surface area contributed by atoms with Gasteiger partial charge < -0.3 is 4.74 Å². The van der Waals surface area contributed by atoms with Crippen LogP contribution in [0.1, 0.15) is 58.4 Å². The highest BCUT2D eigenvalue weighted by atomic mass is 16.5. The Hall–Kier alpha value is -1.61. The second-order valence-corrected chi connectivity index (χ2v) is 8.08. The van der Waals surface area contributed by atoms with Crippen LogP contribution in [-0.4, -0.2) is 30.0 Å². The van der Waals surface area contributed by atoms with Gasteiger partial charge in [0.2, 0.25) is 0 Å². The molecule has 3 nitrogen and oxygen atoms in total. The standard InChI is InChI=1S/C21H29NO2/c1-21(2,3)20(23)24-18-11-9-16(10-12-18)15-17-7-4-5-8-19(17)22-13-6-14-22/h9-12,15,19H,4-8,13-14H2,1-3H3/b17-15-. The van der Waals surface area contributed by atoms with E-state index in [1.807, 2.05) is 32.9 Å². The van der Waals surface area contributed by atoms with Crippen LogP contribution in [0.2, 0.25) is 0 Å². The Morgan fingerprint density at radius 3 is 2.42 bits per heavy atom. The van der Waals surface area contributed by atoms with Gasteiger partial charge in [0.05, 0.1) is 5.41 Å². The van der Waals surface area contributed by atoms with Crippen LogP contribution in [0.4, 0.5) is 0 Å². The number of rotatable bonds is 3. The molecule has 2 aliphatic rings. The molecule has 0 radical (unpaired) electrons. The molecule has 24 heavy (non-hydrogen) atoms. The summed E-state index contributed by atoms with van der Waals surface area (Å²) in [5, 5.41) is 0. The van der Waals surface area contributed by atoms with Crippen molar-refractivity contribution >= 4 is 12.0 Å². The minimum atomic E-state index is -0.479. The van der Waals surface area contributed by atoms with E-state index in [0.29, 0.717) is 11.8 Å². The lowest BCUT2D eigenvalue weighted by Crippen LogP contribution is -2.46. The van der Waals surface area contributed by atoms with Crippen LogP contribution < -0.4 is 4.74 Å². The molecule has 1 aromatic rings. The number of nitrogens with zero attached hydrogens (tertiary/aromatic N) is 1. The van der Waals surface area contributed by atoms with Crippen LogP contribution in [0.5, 0.6) is 5.75 Å². The fourth-order valence-corrected chi connectivity index (χ4v) is 3.36. The normalized spacial score (nSPS) is 23.8. The zero-order chi connectivity index (χ0) is 17.2. The second-order valence-electron chi connectivity index (χ2n) is 8.08. The van der Waals surface area contributed by atoms with Gasteiger partial charge in [0.25, 0.3) is 0 Å². The Morgan fingerprint density at radius 1 is 1.12 bits per heavy atom. The summed E-state index contributed by atoms with van der Waals surface area (Å²) in [5.41, 5.74) is 2.29. The Morgan fingerprint density at radius 2 is 1.83 bits per heavy atom. The van der Waals surface area contributed by atoms with Gasteiger partial charge in [-0.1, -0.05) is 30.2 Å². The van der Waals surface area contributed by atoms with E-state index in [0.717, 1.165) is 0 Å². The number of hydrogen-bond donors (Lipinski definition) is 0. The van der Waals surface area contributed by atoms with Gasteiger partial charge in [0, 0.05) is 6.04 Å². The van der Waals surface area contributed by atoms with Crippen LogP contribution in [0, 0.1) is 5.41 Å². The molecule has 1 atom stereocenters. The summed E-state index contributed by atoms with van der Waals surface area (Å²) in [6.07, 6.45) is 8.85. The third kappa shape index (κ3) is 4.07. The number of likely N-dealkylation sites (tertiary alicyclic amines) is 1. The lowest BCUT2D eigenvalue weighted by Gasteiger charge is -2.42. The smallest absolute Gasteiger partial charge is 0.316 e. The van der Waals surface area contributed by atoms with E-state index in [9.17, 15) is 4.79 Å². The molecular weight excluding hydrogens is 298 g/mol. The number of hydrogen-bond acceptors (Lipinski definition) is 3. The SMILES string of the molecule is CC(C)(C)C(=O)Oc1ccc(/C=C2/CCCCC2N2CCC2)cc1. The van der Waals surface area contributed by atoms with Gasteiger partial charge in [0.15, 0.2) is 0 Å². The first-order valence-corrected chi connectivity index (χ1v) is 9.20. The molecule has 1 aromatic carbocycles. The average Bonchev–Trinajstić information content (AvgIpc) is 2.48. The lowest BCUT2D eigenvalue weighted by molar-refractivity contribution is -0.142. The Labute approximate surface area is 145 Å². The summed E-state index contributed by atoms with van der Waals surface area (Å²) < 4.78 is 5.44. The first-order chi connectivity index (χ1) is 11.4. The first kappa shape index (κ1) is 17.2. The van der Waals surface area contributed by atoms with E-state index >= 15 is 0 Å². The third-order valence-electron chi connectivity index (χ3n) is 5.01. The number of ether oxygens (including phenoxy) is 1. The van der Waals surface area contributed by atoms with Crippen molar-refractivity contribution in [3.05, 3.63) is 35.4 Å². The van der Waals surface area contributed by atoms with Crippen LogP contribution >= 0.6 is 0 Å². The molecule has 2 fully saturated rings. The minimum absolute atomic E-state index is 0.196. The highest BCUT2D eigenvalue weighted by Gasteiger charge is 2.28. The summed E-state index contributed by atoms with van der Waals surface area (Å²) in [4.78, 5) is 14.6. The molecule has 0 bridgehead atoms. The van der Waals surface area contributed by atoms with Gasteiger partial charge in [-0.3, -0.25) is 9.69 Å². The maximum atomic E-state index is 12.0. The van der Waals surface area contributed by atoms with Gasteiger partial charge in [-0.25, -0.2) is 0 Å². The number of benzene rings is 1. The number of esters is 1. The number of carbonyl (C=O) groups is 1. The van der Waals surface area contributed by atoms with Gasteiger partial charge in [-0.15, -0.1) is 0 Å². The van der Waals surface area contributed by atoms with Crippen molar-refractivity contribution in [1.82, 2.24) is 4.90 Å². The second kappa shape index (κ2) is 7.10. The maximum absolute atomic E-state index is 12.0. The zero-order valence-electron chi connectivity index (χ0n) is 15.2. The van der Waals surface area contributed by atoms with Crippen molar-refractivity contribution in [3.8, 4) is 5.75 Å². The molecule has 1 saturated heterocycles. The zero-order valence-corrected chi connectivity index (χ0v) is 15.2. The fraction of sp³-hybridized carbons (Fsp3) is 0.571. The molecule has 1 aliphatic carbocycles. The Bertz CT molecular complexity index is 606. The van der Waals surface area contributed by atoms with E-state index in [2.05, 4.69) is 23.1 Å². The van der Waals surface area contributed by atoms with E-state index in [4.69, 9.17) is 4.74 Å². The topological polar surface area (TPSA) is 29.5 Å². The minimum Gasteiger partial charge on any atom is -0.426 e. The summed E-state index contributed by atoms with van der Waals surface area (Å²) >= 11 is 0. The lowest BCUT2D eigenvalue weighted by atomic mass is 9.86. The highest BCUT2D eigenvalue weighted by Crippen LogP contribution is 2.32. The molecule has 1 saturated carbocycles. The van der Waals surface area contributed by atoms with Crippen molar-refractivity contribution in [3.63, 3.8) is 0 Å². The van der Waals surface area contributed by atoms with Gasteiger partial charge in [0.1, 0.15) is 5.75 Å². The van der Waals surface area contributed by atoms with Crippen molar-refractivity contribution in [2.45, 2.75) is 58.9 Å². The van der Waals surface area contributed by atoms with Gasteiger partial charge in [-0.2, -0.15) is 0 Å². The summed E-state index contributed by atoms with van der Waals surface area (Å²) in [5.74, 6) is 0.429. The molecule has 130 valence electrons. The molecule has 0 N–H and O–H groups in total. The third-order valence-corrected chi connectivity index (χ3v) is 5.01. The van der Waals surface area contributed by atoms with Crippen molar-refractivity contribution in [2.75, 3.05) is 13.1 Å². The van der Waals surface area contributed by atoms with Crippen LogP contribution in [0.25, 0.3) is 6.08 Å². The van der Waals surface area contributed by atoms with Crippen LogP contribution in [-0.2, 0) is 4.79 Å². The molecule has 1 heterocycles. The van der Waals surface area contributed by atoms with Crippen molar-refractivity contribution < 1.29 is 9.53 Å². The van der Waals surface area contributed by atoms with Crippen LogP contribution in [0.3, 0.4) is 0 Å². The molecule has 3 heteroatoms.